The van der Waals surface area contributed by atoms with Gasteiger partial charge in [0.2, 0.25) is 0 Å². The summed E-state index contributed by atoms with van der Waals surface area (Å²) in [7, 11) is 0. The van der Waals surface area contributed by atoms with E-state index in [1.165, 1.54) is 19.3 Å². The molecule has 1 aromatic heterocycles. The average molecular weight is 236 g/mol. The summed E-state index contributed by atoms with van der Waals surface area (Å²) in [4.78, 5) is 6.36. The summed E-state index contributed by atoms with van der Waals surface area (Å²) < 4.78 is 13.8. The predicted molar refractivity (Wildman–Crippen MR) is 68.8 cm³/mol. The van der Waals surface area contributed by atoms with Crippen LogP contribution in [-0.2, 0) is 0 Å². The summed E-state index contributed by atoms with van der Waals surface area (Å²) in [6, 6.07) is 1.58. The molecule has 1 aliphatic heterocycles. The summed E-state index contributed by atoms with van der Waals surface area (Å²) in [5.74, 6) is 1.06. The average Bonchev–Trinajstić information content (AvgIpc) is 2.29. The summed E-state index contributed by atoms with van der Waals surface area (Å²) in [5, 5.41) is 0. The van der Waals surface area contributed by atoms with Crippen molar-refractivity contribution in [2.75, 3.05) is 18.0 Å². The number of halogens is 1. The number of aryl methyl sites for hydroxylation is 1. The molecule has 17 heavy (non-hydrogen) atoms. The smallest absolute Gasteiger partial charge is 0.165 e. The number of hydrogen-bond acceptors (Lipinski definition) is 2. The van der Waals surface area contributed by atoms with E-state index in [4.69, 9.17) is 0 Å². The largest absolute Gasteiger partial charge is 0.354 e. The molecule has 94 valence electrons. The lowest BCUT2D eigenvalue weighted by molar-refractivity contribution is 0.384. The fraction of sp³-hybridized carbons (Fsp3) is 0.643. The van der Waals surface area contributed by atoms with Gasteiger partial charge in [-0.2, -0.15) is 0 Å². The van der Waals surface area contributed by atoms with Crippen molar-refractivity contribution in [1.82, 2.24) is 4.98 Å². The van der Waals surface area contributed by atoms with E-state index in [1.807, 2.05) is 6.92 Å². The molecule has 2 rings (SSSR count). The van der Waals surface area contributed by atoms with E-state index in [1.54, 1.807) is 12.3 Å². The lowest BCUT2D eigenvalue weighted by Crippen LogP contribution is -2.36. The molecule has 0 N–H and O–H groups in total. The van der Waals surface area contributed by atoms with Crippen LogP contribution in [0.1, 0.15) is 38.2 Å². The zero-order valence-electron chi connectivity index (χ0n) is 10.7. The SMILES string of the molecule is CCCC1CCCN(c2ncc(C)cc2F)C1. The third kappa shape index (κ3) is 2.96. The highest BCUT2D eigenvalue weighted by atomic mass is 19.1. The fourth-order valence-corrected chi connectivity index (χ4v) is 2.66. The lowest BCUT2D eigenvalue weighted by Gasteiger charge is -2.33. The molecule has 0 aliphatic carbocycles. The minimum atomic E-state index is -0.179. The molecule has 1 aromatic rings. The molecule has 0 spiro atoms. The Morgan fingerprint density at radius 3 is 3.06 bits per heavy atom. The zero-order valence-corrected chi connectivity index (χ0v) is 10.7. The van der Waals surface area contributed by atoms with Crippen LogP contribution in [0.15, 0.2) is 12.3 Å². The van der Waals surface area contributed by atoms with Gasteiger partial charge < -0.3 is 4.90 Å². The zero-order chi connectivity index (χ0) is 12.3. The Bertz CT molecular complexity index is 376. The third-order valence-corrected chi connectivity index (χ3v) is 3.47. The molecule has 1 atom stereocenters. The highest BCUT2D eigenvalue weighted by molar-refractivity contribution is 5.41. The Balaban J connectivity index is 2.10. The first-order valence-electron chi connectivity index (χ1n) is 6.57. The molecule has 1 fully saturated rings. The van der Waals surface area contributed by atoms with Gasteiger partial charge in [0.15, 0.2) is 11.6 Å². The van der Waals surface area contributed by atoms with Gasteiger partial charge >= 0.3 is 0 Å². The van der Waals surface area contributed by atoms with Gasteiger partial charge in [-0.1, -0.05) is 13.3 Å². The Morgan fingerprint density at radius 1 is 1.53 bits per heavy atom. The van der Waals surface area contributed by atoms with Gasteiger partial charge in [0, 0.05) is 19.3 Å². The monoisotopic (exact) mass is 236 g/mol. The maximum absolute atomic E-state index is 13.8. The van der Waals surface area contributed by atoms with Crippen molar-refractivity contribution in [3.8, 4) is 0 Å². The Hall–Kier alpha value is -1.12. The molecule has 1 aliphatic rings. The van der Waals surface area contributed by atoms with Crippen LogP contribution in [0.2, 0.25) is 0 Å². The van der Waals surface area contributed by atoms with Gasteiger partial charge in [-0.25, -0.2) is 9.37 Å². The van der Waals surface area contributed by atoms with E-state index < -0.39 is 0 Å². The summed E-state index contributed by atoms with van der Waals surface area (Å²) in [6.45, 7) is 5.98. The Kier molecular flexibility index (Phi) is 3.97. The number of hydrogen-bond donors (Lipinski definition) is 0. The quantitative estimate of drug-likeness (QED) is 0.798. The summed E-state index contributed by atoms with van der Waals surface area (Å²) >= 11 is 0. The van der Waals surface area contributed by atoms with Crippen LogP contribution in [0.3, 0.4) is 0 Å². The molecule has 1 saturated heterocycles. The Morgan fingerprint density at radius 2 is 2.35 bits per heavy atom. The molecular formula is C14H21FN2. The summed E-state index contributed by atoms with van der Waals surface area (Å²) in [6.07, 6.45) is 6.63. The van der Waals surface area contributed by atoms with Crippen molar-refractivity contribution in [1.29, 1.82) is 0 Å². The third-order valence-electron chi connectivity index (χ3n) is 3.47. The lowest BCUT2D eigenvalue weighted by atomic mass is 9.94. The number of pyridine rings is 1. The predicted octanol–water partition coefficient (Wildman–Crippen LogP) is 3.55. The standard InChI is InChI=1S/C14H21FN2/c1-3-5-12-6-4-7-17(10-12)14-13(15)8-11(2)9-16-14/h8-9,12H,3-7,10H2,1-2H3. The number of piperidine rings is 1. The topological polar surface area (TPSA) is 16.1 Å². The van der Waals surface area contributed by atoms with Gasteiger partial charge in [0.25, 0.3) is 0 Å². The van der Waals surface area contributed by atoms with Gasteiger partial charge in [0.05, 0.1) is 0 Å². The Labute approximate surface area is 103 Å². The van der Waals surface area contributed by atoms with E-state index in [2.05, 4.69) is 16.8 Å². The van der Waals surface area contributed by atoms with Crippen molar-refractivity contribution in [2.45, 2.75) is 39.5 Å². The van der Waals surface area contributed by atoms with E-state index in [9.17, 15) is 4.39 Å². The molecule has 0 amide bonds. The minimum Gasteiger partial charge on any atom is -0.354 e. The first-order valence-corrected chi connectivity index (χ1v) is 6.57. The number of rotatable bonds is 3. The highest BCUT2D eigenvalue weighted by Crippen LogP contribution is 2.26. The van der Waals surface area contributed by atoms with Gasteiger partial charge in [-0.05, 0) is 43.7 Å². The minimum absolute atomic E-state index is 0.179. The van der Waals surface area contributed by atoms with Crippen molar-refractivity contribution >= 4 is 5.82 Å². The molecule has 0 radical (unpaired) electrons. The van der Waals surface area contributed by atoms with Crippen LogP contribution in [0, 0.1) is 18.7 Å². The van der Waals surface area contributed by atoms with Crippen LogP contribution in [-0.4, -0.2) is 18.1 Å². The molecule has 0 aromatic carbocycles. The highest BCUT2D eigenvalue weighted by Gasteiger charge is 2.22. The van der Waals surface area contributed by atoms with Crippen LogP contribution < -0.4 is 4.90 Å². The molecule has 2 heterocycles. The second-order valence-electron chi connectivity index (χ2n) is 5.06. The molecule has 1 unspecified atom stereocenters. The van der Waals surface area contributed by atoms with Crippen molar-refractivity contribution in [3.63, 3.8) is 0 Å². The van der Waals surface area contributed by atoms with Crippen molar-refractivity contribution in [2.24, 2.45) is 5.92 Å². The van der Waals surface area contributed by atoms with Crippen LogP contribution in [0.4, 0.5) is 10.2 Å². The van der Waals surface area contributed by atoms with E-state index in [-0.39, 0.29) is 5.82 Å². The van der Waals surface area contributed by atoms with Gasteiger partial charge in [-0.15, -0.1) is 0 Å². The second kappa shape index (κ2) is 5.48. The first kappa shape index (κ1) is 12.3. The molecule has 0 saturated carbocycles. The molecular weight excluding hydrogens is 215 g/mol. The first-order chi connectivity index (χ1) is 8.20. The van der Waals surface area contributed by atoms with E-state index in [0.29, 0.717) is 11.7 Å². The van der Waals surface area contributed by atoms with Gasteiger partial charge in [0.1, 0.15) is 0 Å². The summed E-state index contributed by atoms with van der Waals surface area (Å²) in [5.41, 5.74) is 0.883. The maximum Gasteiger partial charge on any atom is 0.165 e. The number of aromatic nitrogens is 1. The second-order valence-corrected chi connectivity index (χ2v) is 5.06. The van der Waals surface area contributed by atoms with Crippen LogP contribution in [0.5, 0.6) is 0 Å². The van der Waals surface area contributed by atoms with Crippen LogP contribution in [0.25, 0.3) is 0 Å². The van der Waals surface area contributed by atoms with Gasteiger partial charge in [-0.3, -0.25) is 0 Å². The van der Waals surface area contributed by atoms with Crippen molar-refractivity contribution < 1.29 is 4.39 Å². The molecule has 2 nitrogen and oxygen atoms in total. The fourth-order valence-electron chi connectivity index (χ4n) is 2.66. The number of anilines is 1. The maximum atomic E-state index is 13.8. The molecule has 3 heteroatoms. The van der Waals surface area contributed by atoms with Crippen molar-refractivity contribution in [3.05, 3.63) is 23.6 Å². The molecule has 0 bridgehead atoms. The van der Waals surface area contributed by atoms with E-state index >= 15 is 0 Å². The van der Waals surface area contributed by atoms with E-state index in [0.717, 1.165) is 25.1 Å². The number of nitrogens with zero attached hydrogens (tertiary/aromatic N) is 2. The normalized spacial score (nSPS) is 20.6. The van der Waals surface area contributed by atoms with Crippen LogP contribution >= 0.6 is 0 Å².